The molecule has 0 saturated carbocycles. The molecule has 5 nitrogen and oxygen atoms in total. The third-order valence-electron chi connectivity index (χ3n) is 6.74. The van der Waals surface area contributed by atoms with Gasteiger partial charge in [-0.3, -0.25) is 0 Å². The van der Waals surface area contributed by atoms with Gasteiger partial charge in [-0.2, -0.15) is 0 Å². The van der Waals surface area contributed by atoms with E-state index in [0.29, 0.717) is 6.61 Å². The van der Waals surface area contributed by atoms with Crippen molar-refractivity contribution in [3.05, 3.63) is 89.3 Å². The largest absolute Gasteiger partial charge is 0.488 e. The first-order valence-electron chi connectivity index (χ1n) is 12.0. The second-order valence-electron chi connectivity index (χ2n) is 8.97. The molecule has 6 rings (SSSR count). The first-order chi connectivity index (χ1) is 16.7. The number of aromatic amines is 2. The Kier molecular flexibility index (Phi) is 5.17. The summed E-state index contributed by atoms with van der Waals surface area (Å²) in [5, 5.41) is 0. The lowest BCUT2D eigenvalue weighted by atomic mass is 9.86. The van der Waals surface area contributed by atoms with Crippen LogP contribution >= 0.6 is 0 Å². The third-order valence-corrected chi connectivity index (χ3v) is 6.74. The number of H-pyrrole nitrogens is 2. The first-order valence-corrected chi connectivity index (χ1v) is 12.0. The van der Waals surface area contributed by atoms with E-state index in [0.717, 1.165) is 60.0 Å². The molecule has 2 N–H and O–H groups in total. The Balaban J connectivity index is 1.34. The van der Waals surface area contributed by atoms with Crippen LogP contribution in [0.15, 0.2) is 60.8 Å². The average molecular weight is 449 g/mol. The zero-order chi connectivity index (χ0) is 23.1. The molecule has 0 unspecified atom stereocenters. The number of allylic oxidation sites excluding steroid dienone is 4. The van der Waals surface area contributed by atoms with E-state index < -0.39 is 0 Å². The molecule has 0 saturated heterocycles. The minimum atomic E-state index is 0.564. The average Bonchev–Trinajstić information content (AvgIpc) is 3.52. The van der Waals surface area contributed by atoms with Crippen LogP contribution < -0.4 is 4.74 Å². The molecule has 0 atom stereocenters. The van der Waals surface area contributed by atoms with Crippen molar-refractivity contribution in [2.45, 2.75) is 46.1 Å². The second kappa shape index (κ2) is 8.49. The quantitative estimate of drug-likeness (QED) is 0.349. The predicted molar refractivity (Wildman–Crippen MR) is 136 cm³/mol. The lowest BCUT2D eigenvalue weighted by molar-refractivity contribution is 0.302. The van der Waals surface area contributed by atoms with Crippen molar-refractivity contribution in [2.75, 3.05) is 0 Å². The van der Waals surface area contributed by atoms with Gasteiger partial charge in [0.15, 0.2) is 0 Å². The van der Waals surface area contributed by atoms with Gasteiger partial charge in [-0.1, -0.05) is 36.4 Å². The zero-order valence-electron chi connectivity index (χ0n) is 19.6. The van der Waals surface area contributed by atoms with Gasteiger partial charge in [0, 0.05) is 29.7 Å². The van der Waals surface area contributed by atoms with Crippen LogP contribution in [0.2, 0.25) is 0 Å². The van der Waals surface area contributed by atoms with E-state index in [-0.39, 0.29) is 0 Å². The highest BCUT2D eigenvalue weighted by atomic mass is 16.5. The number of nitrogens with one attached hydrogen (secondary N) is 2. The molecule has 4 aromatic rings. The molecule has 0 fully saturated rings. The SMILES string of the molecule is CC=CCc1ncc(-c2ccc3c(c2)COc2cc4c(cc2-3)CCc2[nH]c(CC=CC)nc2-4)[nH]1. The summed E-state index contributed by atoms with van der Waals surface area (Å²) in [6.45, 7) is 4.63. The normalized spacial score (nSPS) is 14.1. The van der Waals surface area contributed by atoms with Gasteiger partial charge in [0.25, 0.3) is 0 Å². The van der Waals surface area contributed by atoms with Crippen LogP contribution in [0.5, 0.6) is 5.75 Å². The molecule has 3 heterocycles. The maximum atomic E-state index is 6.27. The molecular weight excluding hydrogens is 420 g/mol. The Labute approximate surface area is 199 Å². The fourth-order valence-electron chi connectivity index (χ4n) is 4.98. The molecule has 0 radical (unpaired) electrons. The second-order valence-corrected chi connectivity index (χ2v) is 8.97. The minimum Gasteiger partial charge on any atom is -0.488 e. The number of aromatic nitrogens is 4. The molecule has 170 valence electrons. The summed E-state index contributed by atoms with van der Waals surface area (Å²) in [4.78, 5) is 16.4. The Hall–Kier alpha value is -3.86. The van der Waals surface area contributed by atoms with Crippen LogP contribution in [0.3, 0.4) is 0 Å². The van der Waals surface area contributed by atoms with Crippen LogP contribution in [0.1, 0.15) is 42.3 Å². The van der Waals surface area contributed by atoms with E-state index in [1.807, 2.05) is 26.1 Å². The number of hydrogen-bond acceptors (Lipinski definition) is 3. The monoisotopic (exact) mass is 448 g/mol. The van der Waals surface area contributed by atoms with Crippen molar-refractivity contribution in [3.8, 4) is 39.4 Å². The Morgan fingerprint density at radius 3 is 2.59 bits per heavy atom. The first kappa shape index (κ1) is 20.7. The number of rotatable bonds is 5. The highest BCUT2D eigenvalue weighted by Crippen LogP contribution is 2.44. The Morgan fingerprint density at radius 1 is 0.882 bits per heavy atom. The highest BCUT2D eigenvalue weighted by Gasteiger charge is 2.26. The minimum absolute atomic E-state index is 0.564. The van der Waals surface area contributed by atoms with Crippen LogP contribution in [-0.2, 0) is 32.3 Å². The fraction of sp³-hybridized carbons (Fsp3) is 0.241. The van der Waals surface area contributed by atoms with Crippen molar-refractivity contribution in [3.63, 3.8) is 0 Å². The number of aryl methyl sites for hydroxylation is 2. The lowest BCUT2D eigenvalue weighted by Crippen LogP contribution is -2.09. The molecule has 0 spiro atoms. The van der Waals surface area contributed by atoms with Crippen LogP contribution in [0.25, 0.3) is 33.6 Å². The summed E-state index contributed by atoms with van der Waals surface area (Å²) >= 11 is 0. The van der Waals surface area contributed by atoms with E-state index in [2.05, 4.69) is 63.5 Å². The molecule has 1 aliphatic carbocycles. The van der Waals surface area contributed by atoms with Gasteiger partial charge in [0.05, 0.1) is 17.6 Å². The van der Waals surface area contributed by atoms with Crippen LogP contribution in [0, 0.1) is 0 Å². The van der Waals surface area contributed by atoms with Gasteiger partial charge in [0.2, 0.25) is 0 Å². The molecule has 1 aliphatic heterocycles. The number of nitrogens with zero attached hydrogens (tertiary/aromatic N) is 2. The maximum Gasteiger partial charge on any atom is 0.128 e. The van der Waals surface area contributed by atoms with Gasteiger partial charge in [0.1, 0.15) is 24.0 Å². The Bertz CT molecular complexity index is 1440. The highest BCUT2D eigenvalue weighted by molar-refractivity contribution is 5.83. The number of ether oxygens (including phenoxy) is 1. The summed E-state index contributed by atoms with van der Waals surface area (Å²) in [5.74, 6) is 2.95. The third kappa shape index (κ3) is 3.58. The molecule has 0 amide bonds. The number of benzene rings is 2. The molecule has 2 aliphatic rings. The summed E-state index contributed by atoms with van der Waals surface area (Å²) in [5.41, 5.74) is 10.7. The van der Waals surface area contributed by atoms with Crippen molar-refractivity contribution in [1.29, 1.82) is 0 Å². The van der Waals surface area contributed by atoms with Gasteiger partial charge in [-0.25, -0.2) is 9.97 Å². The smallest absolute Gasteiger partial charge is 0.128 e. The molecule has 5 heteroatoms. The standard InChI is InChI=1S/C29H28N4O/c1-3-5-7-27-30-16-25(32-27)19-9-11-21-20(13-19)17-34-26-15-22-18(14-23(21)26)10-12-24-29(22)33-28(31-24)8-6-4-2/h3-6,9,11,13-16H,7-8,10,12,17H2,1-2H3,(H,30,32)(H,31,33). The van der Waals surface area contributed by atoms with Gasteiger partial charge < -0.3 is 14.7 Å². The van der Waals surface area contributed by atoms with Crippen molar-refractivity contribution >= 4 is 0 Å². The van der Waals surface area contributed by atoms with E-state index in [1.54, 1.807) is 0 Å². The summed E-state index contributed by atoms with van der Waals surface area (Å²) < 4.78 is 6.27. The predicted octanol–water partition coefficient (Wildman–Crippen LogP) is 6.36. The summed E-state index contributed by atoms with van der Waals surface area (Å²) in [6.07, 6.45) is 13.9. The summed E-state index contributed by atoms with van der Waals surface area (Å²) in [7, 11) is 0. The maximum absolute atomic E-state index is 6.27. The van der Waals surface area contributed by atoms with E-state index in [1.165, 1.54) is 33.5 Å². The molecular formula is C29H28N4O. The van der Waals surface area contributed by atoms with Crippen molar-refractivity contribution in [2.24, 2.45) is 0 Å². The lowest BCUT2D eigenvalue weighted by Gasteiger charge is -2.25. The van der Waals surface area contributed by atoms with Crippen molar-refractivity contribution < 1.29 is 4.74 Å². The molecule has 2 aromatic carbocycles. The topological polar surface area (TPSA) is 66.6 Å². The molecule has 2 aromatic heterocycles. The van der Waals surface area contributed by atoms with E-state index >= 15 is 0 Å². The van der Waals surface area contributed by atoms with Crippen LogP contribution in [-0.4, -0.2) is 19.9 Å². The van der Waals surface area contributed by atoms with Gasteiger partial charge >= 0.3 is 0 Å². The number of fused-ring (bicyclic) bond motifs is 6. The fourth-order valence-corrected chi connectivity index (χ4v) is 4.98. The van der Waals surface area contributed by atoms with Crippen molar-refractivity contribution in [1.82, 2.24) is 19.9 Å². The Morgan fingerprint density at radius 2 is 1.74 bits per heavy atom. The molecule has 34 heavy (non-hydrogen) atoms. The van der Waals surface area contributed by atoms with E-state index in [4.69, 9.17) is 9.72 Å². The van der Waals surface area contributed by atoms with Gasteiger partial charge in [-0.05, 0) is 67.1 Å². The molecule has 0 bridgehead atoms. The van der Waals surface area contributed by atoms with E-state index in [9.17, 15) is 0 Å². The number of hydrogen-bond donors (Lipinski definition) is 2. The van der Waals surface area contributed by atoms with Gasteiger partial charge in [-0.15, -0.1) is 0 Å². The zero-order valence-corrected chi connectivity index (χ0v) is 19.6. The number of imidazole rings is 2. The summed E-state index contributed by atoms with van der Waals surface area (Å²) in [6, 6.07) is 11.1. The van der Waals surface area contributed by atoms with Crippen LogP contribution in [0.4, 0.5) is 0 Å².